The molecular weight excluding hydrogens is 334 g/mol. The minimum Gasteiger partial charge on any atom is -0.493 e. The lowest BCUT2D eigenvalue weighted by Crippen LogP contribution is -2.10. The van der Waals surface area contributed by atoms with E-state index in [0.29, 0.717) is 17.1 Å². The standard InChI is InChI=1S/C15H14BrN3O2/c1-19-14(12(21-2)8-17-19)15(20)13-10(16)7-9-5-3-4-6-11(9)18-13/h3-8,15,20H,1-2H3. The van der Waals surface area contributed by atoms with E-state index in [2.05, 4.69) is 26.0 Å². The lowest BCUT2D eigenvalue weighted by molar-refractivity contribution is 0.199. The summed E-state index contributed by atoms with van der Waals surface area (Å²) in [6.45, 7) is 0. The summed E-state index contributed by atoms with van der Waals surface area (Å²) in [4.78, 5) is 4.55. The third-order valence-electron chi connectivity index (χ3n) is 3.39. The van der Waals surface area contributed by atoms with Gasteiger partial charge in [-0.1, -0.05) is 18.2 Å². The number of aliphatic hydroxyl groups excluding tert-OH is 1. The largest absolute Gasteiger partial charge is 0.493 e. The Morgan fingerprint density at radius 2 is 2.10 bits per heavy atom. The van der Waals surface area contributed by atoms with Crippen LogP contribution in [0.2, 0.25) is 0 Å². The molecule has 1 aromatic carbocycles. The molecule has 0 fully saturated rings. The molecule has 0 saturated heterocycles. The molecule has 0 aliphatic heterocycles. The first-order chi connectivity index (χ1) is 10.1. The predicted molar refractivity (Wildman–Crippen MR) is 83.3 cm³/mol. The van der Waals surface area contributed by atoms with Gasteiger partial charge in [0.2, 0.25) is 0 Å². The van der Waals surface area contributed by atoms with Crippen LogP contribution in [0.25, 0.3) is 10.9 Å². The predicted octanol–water partition coefficient (Wildman–Crippen LogP) is 2.82. The van der Waals surface area contributed by atoms with Gasteiger partial charge in [-0.05, 0) is 28.1 Å². The number of nitrogens with zero attached hydrogens (tertiary/aromatic N) is 3. The molecule has 1 N–H and O–H groups in total. The first-order valence-electron chi connectivity index (χ1n) is 6.41. The molecule has 0 amide bonds. The average molecular weight is 348 g/mol. The van der Waals surface area contributed by atoms with Crippen LogP contribution < -0.4 is 4.74 Å². The highest BCUT2D eigenvalue weighted by Gasteiger charge is 2.23. The number of benzene rings is 1. The van der Waals surface area contributed by atoms with Crippen molar-refractivity contribution in [3.63, 3.8) is 0 Å². The highest BCUT2D eigenvalue weighted by Crippen LogP contribution is 2.33. The maximum Gasteiger partial charge on any atom is 0.163 e. The first kappa shape index (κ1) is 14.0. The van der Waals surface area contributed by atoms with Crippen molar-refractivity contribution in [2.75, 3.05) is 7.11 Å². The molecule has 3 rings (SSSR count). The van der Waals surface area contributed by atoms with Crippen LogP contribution >= 0.6 is 15.9 Å². The molecule has 0 aliphatic carbocycles. The van der Waals surface area contributed by atoms with E-state index in [4.69, 9.17) is 4.74 Å². The van der Waals surface area contributed by atoms with Crippen molar-refractivity contribution in [2.45, 2.75) is 6.10 Å². The smallest absolute Gasteiger partial charge is 0.163 e. The molecule has 108 valence electrons. The molecule has 0 spiro atoms. The van der Waals surface area contributed by atoms with E-state index in [9.17, 15) is 5.11 Å². The molecule has 0 radical (unpaired) electrons. The number of aromatic nitrogens is 3. The Labute approximate surface area is 130 Å². The number of hydrogen-bond donors (Lipinski definition) is 1. The number of rotatable bonds is 3. The van der Waals surface area contributed by atoms with Crippen LogP contribution in [0.5, 0.6) is 5.75 Å². The van der Waals surface area contributed by atoms with Crippen molar-refractivity contribution in [3.05, 3.63) is 52.4 Å². The molecule has 1 unspecified atom stereocenters. The van der Waals surface area contributed by atoms with Gasteiger partial charge >= 0.3 is 0 Å². The third-order valence-corrected chi connectivity index (χ3v) is 4.03. The molecule has 0 saturated carbocycles. The number of aryl methyl sites for hydroxylation is 1. The van der Waals surface area contributed by atoms with Crippen molar-refractivity contribution in [1.82, 2.24) is 14.8 Å². The Balaban J connectivity index is 2.15. The highest BCUT2D eigenvalue weighted by molar-refractivity contribution is 9.10. The summed E-state index contributed by atoms with van der Waals surface area (Å²) in [7, 11) is 3.31. The van der Waals surface area contributed by atoms with Gasteiger partial charge in [0.25, 0.3) is 0 Å². The van der Waals surface area contributed by atoms with Gasteiger partial charge < -0.3 is 9.84 Å². The molecule has 0 aliphatic rings. The van der Waals surface area contributed by atoms with Crippen LogP contribution in [0.4, 0.5) is 0 Å². The summed E-state index contributed by atoms with van der Waals surface area (Å²) in [5, 5.41) is 15.8. The summed E-state index contributed by atoms with van der Waals surface area (Å²) >= 11 is 3.48. The fraction of sp³-hybridized carbons (Fsp3) is 0.200. The fourth-order valence-corrected chi connectivity index (χ4v) is 2.87. The van der Waals surface area contributed by atoms with Crippen molar-refractivity contribution < 1.29 is 9.84 Å². The molecule has 2 heterocycles. The van der Waals surface area contributed by atoms with E-state index in [-0.39, 0.29) is 0 Å². The lowest BCUT2D eigenvalue weighted by Gasteiger charge is -2.15. The van der Waals surface area contributed by atoms with E-state index in [0.717, 1.165) is 15.4 Å². The van der Waals surface area contributed by atoms with Gasteiger partial charge in [-0.15, -0.1) is 0 Å². The minimum absolute atomic E-state index is 0.534. The zero-order valence-electron chi connectivity index (χ0n) is 11.6. The number of aliphatic hydroxyl groups is 1. The summed E-state index contributed by atoms with van der Waals surface area (Å²) < 4.78 is 7.59. The van der Waals surface area contributed by atoms with E-state index < -0.39 is 6.10 Å². The second-order valence-corrected chi connectivity index (χ2v) is 5.53. The Morgan fingerprint density at radius 1 is 1.33 bits per heavy atom. The Morgan fingerprint density at radius 3 is 2.86 bits per heavy atom. The third kappa shape index (κ3) is 2.41. The summed E-state index contributed by atoms with van der Waals surface area (Å²) in [6.07, 6.45) is 0.652. The monoisotopic (exact) mass is 347 g/mol. The quantitative estimate of drug-likeness (QED) is 0.791. The van der Waals surface area contributed by atoms with Crippen LogP contribution in [0.15, 0.2) is 41.0 Å². The number of methoxy groups -OCH3 is 1. The van der Waals surface area contributed by atoms with Crippen molar-refractivity contribution in [1.29, 1.82) is 0 Å². The maximum absolute atomic E-state index is 10.7. The zero-order chi connectivity index (χ0) is 15.0. The molecule has 1 atom stereocenters. The molecular formula is C15H14BrN3O2. The summed E-state index contributed by atoms with van der Waals surface area (Å²) in [5.74, 6) is 0.534. The van der Waals surface area contributed by atoms with Crippen molar-refractivity contribution in [3.8, 4) is 5.75 Å². The Bertz CT molecular complexity index is 801. The normalized spacial score (nSPS) is 12.6. The maximum atomic E-state index is 10.7. The van der Waals surface area contributed by atoms with Crippen LogP contribution in [0, 0.1) is 0 Å². The summed E-state index contributed by atoms with van der Waals surface area (Å²) in [6, 6.07) is 9.72. The van der Waals surface area contributed by atoms with Gasteiger partial charge in [0.15, 0.2) is 5.75 Å². The number of halogens is 1. The second kappa shape index (κ2) is 5.46. The lowest BCUT2D eigenvalue weighted by atomic mass is 10.1. The SMILES string of the molecule is COc1cnn(C)c1C(O)c1nc2ccccc2cc1Br. The van der Waals surface area contributed by atoms with Crippen LogP contribution in [-0.2, 0) is 7.05 Å². The highest BCUT2D eigenvalue weighted by atomic mass is 79.9. The van der Waals surface area contributed by atoms with Crippen LogP contribution in [0.3, 0.4) is 0 Å². The van der Waals surface area contributed by atoms with Gasteiger partial charge in [-0.3, -0.25) is 4.68 Å². The van der Waals surface area contributed by atoms with Gasteiger partial charge in [-0.2, -0.15) is 5.10 Å². The number of para-hydroxylation sites is 1. The van der Waals surface area contributed by atoms with Gasteiger partial charge in [0.1, 0.15) is 11.8 Å². The molecule has 5 nitrogen and oxygen atoms in total. The molecule has 0 bridgehead atoms. The Hall–Kier alpha value is -1.92. The zero-order valence-corrected chi connectivity index (χ0v) is 13.2. The fourth-order valence-electron chi connectivity index (χ4n) is 2.32. The van der Waals surface area contributed by atoms with Crippen molar-refractivity contribution in [2.24, 2.45) is 7.05 Å². The number of ether oxygens (including phenoxy) is 1. The first-order valence-corrected chi connectivity index (χ1v) is 7.20. The molecule has 21 heavy (non-hydrogen) atoms. The number of fused-ring (bicyclic) bond motifs is 1. The topological polar surface area (TPSA) is 60.2 Å². The van der Waals surface area contributed by atoms with Crippen LogP contribution in [0.1, 0.15) is 17.5 Å². The summed E-state index contributed by atoms with van der Waals surface area (Å²) in [5.41, 5.74) is 1.94. The average Bonchev–Trinajstić information content (AvgIpc) is 2.86. The molecule has 2 aromatic heterocycles. The molecule has 3 aromatic rings. The molecule has 6 heteroatoms. The minimum atomic E-state index is -0.925. The van der Waals surface area contributed by atoms with E-state index in [1.807, 2.05) is 30.3 Å². The van der Waals surface area contributed by atoms with Gasteiger partial charge in [-0.25, -0.2) is 4.98 Å². The van der Waals surface area contributed by atoms with E-state index >= 15 is 0 Å². The Kier molecular flexibility index (Phi) is 3.65. The second-order valence-electron chi connectivity index (χ2n) is 4.67. The van der Waals surface area contributed by atoms with E-state index in [1.165, 1.54) is 0 Å². The number of pyridine rings is 1. The number of hydrogen-bond acceptors (Lipinski definition) is 4. The van der Waals surface area contributed by atoms with E-state index in [1.54, 1.807) is 25.0 Å². The van der Waals surface area contributed by atoms with Gasteiger partial charge in [0.05, 0.1) is 24.5 Å². The van der Waals surface area contributed by atoms with Crippen molar-refractivity contribution >= 4 is 26.8 Å². The van der Waals surface area contributed by atoms with Crippen LogP contribution in [-0.4, -0.2) is 27.0 Å². The van der Waals surface area contributed by atoms with Gasteiger partial charge in [0, 0.05) is 16.9 Å².